The van der Waals surface area contributed by atoms with Crippen LogP contribution in [-0.2, 0) is 0 Å². The van der Waals surface area contributed by atoms with E-state index < -0.39 is 0 Å². The van der Waals surface area contributed by atoms with Gasteiger partial charge in [-0.1, -0.05) is 71.1 Å². The van der Waals surface area contributed by atoms with Crippen LogP contribution in [0.4, 0.5) is 0 Å². The average molecular weight is 302 g/mol. The fourth-order valence-corrected chi connectivity index (χ4v) is 2.92. The number of rotatable bonds is 16. The highest BCUT2D eigenvalue weighted by molar-refractivity contribution is 4.67. The van der Waals surface area contributed by atoms with Gasteiger partial charge in [-0.2, -0.15) is 0 Å². The molecule has 0 aromatic rings. The summed E-state index contributed by atoms with van der Waals surface area (Å²) in [4.78, 5) is 2.19. The Bertz CT molecular complexity index is 194. The first-order valence-electron chi connectivity index (χ1n) is 9.22. The molecule has 0 aromatic carbocycles. The molecule has 0 radical (unpaired) electrons. The van der Waals surface area contributed by atoms with Crippen LogP contribution >= 0.6 is 0 Å². The highest BCUT2D eigenvalue weighted by Crippen LogP contribution is 2.13. The molecule has 2 N–H and O–H groups in total. The van der Waals surface area contributed by atoms with Gasteiger partial charge in [0.15, 0.2) is 0 Å². The van der Waals surface area contributed by atoms with Gasteiger partial charge in [0.25, 0.3) is 0 Å². The Morgan fingerprint density at radius 1 is 0.714 bits per heavy atom. The van der Waals surface area contributed by atoms with Crippen LogP contribution in [0.25, 0.3) is 0 Å². The van der Waals surface area contributed by atoms with Crippen molar-refractivity contribution in [3.63, 3.8) is 0 Å². The van der Waals surface area contributed by atoms with Crippen LogP contribution in [0, 0.1) is 0 Å². The maximum absolute atomic E-state index is 9.03. The van der Waals surface area contributed by atoms with Gasteiger partial charge < -0.3 is 10.2 Å². The Balaban J connectivity index is 3.39. The maximum Gasteiger partial charge on any atom is 0.0558 e. The molecule has 0 aromatic heterocycles. The fourth-order valence-electron chi connectivity index (χ4n) is 2.92. The van der Waals surface area contributed by atoms with Gasteiger partial charge in [0.2, 0.25) is 0 Å². The minimum Gasteiger partial charge on any atom is -0.395 e. The van der Waals surface area contributed by atoms with Crippen LogP contribution in [0.15, 0.2) is 0 Å². The first-order chi connectivity index (χ1) is 10.3. The summed E-state index contributed by atoms with van der Waals surface area (Å²) < 4.78 is 0. The van der Waals surface area contributed by atoms with Gasteiger partial charge in [0, 0.05) is 19.1 Å². The zero-order valence-corrected chi connectivity index (χ0v) is 14.5. The first kappa shape index (κ1) is 20.9. The van der Waals surface area contributed by atoms with Crippen LogP contribution < -0.4 is 0 Å². The standard InChI is InChI=1S/C18H39NO2/c1-3-4-5-6-7-8-9-10-11-12-13-18(2)19(14-16-20)15-17-21/h18,20-21H,3-17H2,1-2H3. The molecule has 0 aliphatic heterocycles. The number of nitrogens with zero attached hydrogens (tertiary/aromatic N) is 1. The Morgan fingerprint density at radius 2 is 1.14 bits per heavy atom. The molecule has 0 saturated carbocycles. The van der Waals surface area contributed by atoms with E-state index in [1.54, 1.807) is 0 Å². The van der Waals surface area contributed by atoms with E-state index in [4.69, 9.17) is 10.2 Å². The SMILES string of the molecule is CCCCCCCCCCCCC(C)N(CCO)CCO. The summed E-state index contributed by atoms with van der Waals surface area (Å²) in [6.45, 7) is 6.20. The third kappa shape index (κ3) is 13.3. The van der Waals surface area contributed by atoms with Crippen molar-refractivity contribution in [2.24, 2.45) is 0 Å². The lowest BCUT2D eigenvalue weighted by Crippen LogP contribution is -2.37. The monoisotopic (exact) mass is 301 g/mol. The van der Waals surface area contributed by atoms with E-state index in [1.165, 1.54) is 70.6 Å². The van der Waals surface area contributed by atoms with E-state index in [0.717, 1.165) is 0 Å². The number of aliphatic hydroxyl groups excluding tert-OH is 2. The third-order valence-electron chi connectivity index (χ3n) is 4.37. The molecule has 0 saturated heterocycles. The van der Waals surface area contributed by atoms with E-state index in [2.05, 4.69) is 18.7 Å². The third-order valence-corrected chi connectivity index (χ3v) is 4.37. The number of aliphatic hydroxyl groups is 2. The molecule has 0 aliphatic rings. The molecule has 0 rings (SSSR count). The summed E-state index contributed by atoms with van der Waals surface area (Å²) in [7, 11) is 0. The van der Waals surface area contributed by atoms with E-state index >= 15 is 0 Å². The van der Waals surface area contributed by atoms with Crippen LogP contribution in [0.5, 0.6) is 0 Å². The minimum atomic E-state index is 0.183. The Morgan fingerprint density at radius 3 is 1.57 bits per heavy atom. The summed E-state index contributed by atoms with van der Waals surface area (Å²) in [6, 6.07) is 0.471. The van der Waals surface area contributed by atoms with Crippen molar-refractivity contribution < 1.29 is 10.2 Å². The molecule has 0 amide bonds. The molecule has 0 bridgehead atoms. The highest BCUT2D eigenvalue weighted by atomic mass is 16.3. The second-order valence-electron chi connectivity index (χ2n) is 6.30. The second kappa shape index (κ2) is 16.3. The largest absolute Gasteiger partial charge is 0.395 e. The average Bonchev–Trinajstić information content (AvgIpc) is 2.48. The molecule has 0 spiro atoms. The van der Waals surface area contributed by atoms with E-state index in [0.29, 0.717) is 19.1 Å². The Kier molecular flexibility index (Phi) is 16.2. The molecule has 3 heteroatoms. The van der Waals surface area contributed by atoms with Crippen LogP contribution in [0.2, 0.25) is 0 Å². The highest BCUT2D eigenvalue weighted by Gasteiger charge is 2.11. The molecular formula is C18H39NO2. The first-order valence-corrected chi connectivity index (χ1v) is 9.22. The lowest BCUT2D eigenvalue weighted by molar-refractivity contribution is 0.123. The minimum absolute atomic E-state index is 0.183. The molecule has 1 atom stereocenters. The van der Waals surface area contributed by atoms with Gasteiger partial charge in [0.05, 0.1) is 13.2 Å². The van der Waals surface area contributed by atoms with E-state index in [-0.39, 0.29) is 13.2 Å². The summed E-state index contributed by atoms with van der Waals surface area (Å²) in [6.07, 6.45) is 14.9. The van der Waals surface area contributed by atoms with Crippen LogP contribution in [0.1, 0.15) is 84.5 Å². The molecule has 21 heavy (non-hydrogen) atoms. The predicted octanol–water partition coefficient (Wildman–Crippen LogP) is 3.97. The van der Waals surface area contributed by atoms with E-state index in [9.17, 15) is 0 Å². The smallest absolute Gasteiger partial charge is 0.0558 e. The Hall–Kier alpha value is -0.120. The van der Waals surface area contributed by atoms with Crippen LogP contribution in [-0.4, -0.2) is 47.5 Å². The van der Waals surface area contributed by atoms with Gasteiger partial charge in [-0.05, 0) is 13.3 Å². The zero-order valence-electron chi connectivity index (χ0n) is 14.5. The molecule has 0 fully saturated rings. The lowest BCUT2D eigenvalue weighted by Gasteiger charge is -2.27. The number of hydrogen-bond donors (Lipinski definition) is 2. The van der Waals surface area contributed by atoms with Crippen molar-refractivity contribution in [3.8, 4) is 0 Å². The second-order valence-corrected chi connectivity index (χ2v) is 6.30. The molecule has 128 valence electrons. The molecule has 3 nitrogen and oxygen atoms in total. The van der Waals surface area contributed by atoms with Gasteiger partial charge in [-0.15, -0.1) is 0 Å². The van der Waals surface area contributed by atoms with Gasteiger partial charge in [-0.25, -0.2) is 0 Å². The molecule has 0 aliphatic carbocycles. The van der Waals surface area contributed by atoms with Crippen molar-refractivity contribution in [1.29, 1.82) is 0 Å². The van der Waals surface area contributed by atoms with Gasteiger partial charge in [-0.3, -0.25) is 4.90 Å². The summed E-state index contributed by atoms with van der Waals surface area (Å²) >= 11 is 0. The quantitative estimate of drug-likeness (QED) is 0.424. The summed E-state index contributed by atoms with van der Waals surface area (Å²) in [5.74, 6) is 0. The van der Waals surface area contributed by atoms with E-state index in [1.807, 2.05) is 0 Å². The van der Waals surface area contributed by atoms with Gasteiger partial charge >= 0.3 is 0 Å². The molecular weight excluding hydrogens is 262 g/mol. The normalized spacial score (nSPS) is 13.0. The van der Waals surface area contributed by atoms with Crippen molar-refractivity contribution in [2.75, 3.05) is 26.3 Å². The zero-order chi connectivity index (χ0) is 15.8. The Labute approximate surface area is 132 Å². The fraction of sp³-hybridized carbons (Fsp3) is 1.00. The van der Waals surface area contributed by atoms with Gasteiger partial charge in [0.1, 0.15) is 0 Å². The lowest BCUT2D eigenvalue weighted by atomic mass is 10.0. The number of unbranched alkanes of at least 4 members (excludes halogenated alkanes) is 9. The van der Waals surface area contributed by atoms with Crippen molar-refractivity contribution in [2.45, 2.75) is 90.5 Å². The summed E-state index contributed by atoms with van der Waals surface area (Å²) in [5.41, 5.74) is 0. The topological polar surface area (TPSA) is 43.7 Å². The molecule has 1 unspecified atom stereocenters. The van der Waals surface area contributed by atoms with Crippen LogP contribution in [0.3, 0.4) is 0 Å². The molecule has 0 heterocycles. The summed E-state index contributed by atoms with van der Waals surface area (Å²) in [5, 5.41) is 18.1. The maximum atomic E-state index is 9.03. The van der Waals surface area contributed by atoms with Crippen molar-refractivity contribution in [1.82, 2.24) is 4.90 Å². The number of hydrogen-bond acceptors (Lipinski definition) is 3. The predicted molar refractivity (Wildman–Crippen MR) is 91.7 cm³/mol. The van der Waals surface area contributed by atoms with Crippen molar-refractivity contribution >= 4 is 0 Å². The van der Waals surface area contributed by atoms with Crippen molar-refractivity contribution in [3.05, 3.63) is 0 Å².